The van der Waals surface area contributed by atoms with E-state index < -0.39 is 0 Å². The standard InChI is InChI=1S/C8H14O/c1-8(2)5-3-4-6-7(8)9-6/h6-7H,3-5H2,1-2H3. The Morgan fingerprint density at radius 1 is 1.44 bits per heavy atom. The van der Waals surface area contributed by atoms with Gasteiger partial charge in [0, 0.05) is 0 Å². The van der Waals surface area contributed by atoms with Crippen molar-refractivity contribution in [3.8, 4) is 0 Å². The van der Waals surface area contributed by atoms with Crippen molar-refractivity contribution in [2.75, 3.05) is 0 Å². The molecule has 1 saturated carbocycles. The molecule has 1 aliphatic heterocycles. The fourth-order valence-corrected chi connectivity index (χ4v) is 1.95. The molecule has 1 nitrogen and oxygen atoms in total. The Morgan fingerprint density at radius 2 is 2.22 bits per heavy atom. The Labute approximate surface area is 56.4 Å². The summed E-state index contributed by atoms with van der Waals surface area (Å²) in [4.78, 5) is 0. The molecule has 0 radical (unpaired) electrons. The van der Waals surface area contributed by atoms with Crippen LogP contribution in [0.15, 0.2) is 0 Å². The molecule has 0 aromatic heterocycles. The second kappa shape index (κ2) is 1.51. The molecule has 0 bridgehead atoms. The highest BCUT2D eigenvalue weighted by atomic mass is 16.6. The first-order chi connectivity index (χ1) is 4.20. The van der Waals surface area contributed by atoms with Crippen LogP contribution in [0.2, 0.25) is 0 Å². The van der Waals surface area contributed by atoms with Crippen molar-refractivity contribution in [3.63, 3.8) is 0 Å². The maximum Gasteiger partial charge on any atom is 0.0892 e. The number of epoxide rings is 1. The van der Waals surface area contributed by atoms with E-state index in [-0.39, 0.29) is 0 Å². The van der Waals surface area contributed by atoms with Crippen LogP contribution in [0.1, 0.15) is 33.1 Å². The van der Waals surface area contributed by atoms with E-state index in [0.717, 1.165) is 0 Å². The topological polar surface area (TPSA) is 12.5 Å². The van der Waals surface area contributed by atoms with E-state index in [0.29, 0.717) is 17.6 Å². The van der Waals surface area contributed by atoms with Crippen molar-refractivity contribution in [1.82, 2.24) is 0 Å². The largest absolute Gasteiger partial charge is 0.369 e. The van der Waals surface area contributed by atoms with Crippen LogP contribution in [0, 0.1) is 5.41 Å². The lowest BCUT2D eigenvalue weighted by Crippen LogP contribution is -2.24. The number of hydrogen-bond acceptors (Lipinski definition) is 1. The van der Waals surface area contributed by atoms with Crippen molar-refractivity contribution < 1.29 is 4.74 Å². The summed E-state index contributed by atoms with van der Waals surface area (Å²) in [6.45, 7) is 4.63. The molecule has 2 aliphatic rings. The smallest absolute Gasteiger partial charge is 0.0892 e. The van der Waals surface area contributed by atoms with Gasteiger partial charge in [-0.2, -0.15) is 0 Å². The summed E-state index contributed by atoms with van der Waals surface area (Å²) in [5, 5.41) is 0. The van der Waals surface area contributed by atoms with E-state index in [1.165, 1.54) is 19.3 Å². The molecule has 1 aliphatic carbocycles. The molecule has 0 aromatic carbocycles. The minimum absolute atomic E-state index is 0.489. The molecule has 1 heterocycles. The minimum Gasteiger partial charge on any atom is -0.369 e. The third-order valence-corrected chi connectivity index (χ3v) is 2.66. The maximum absolute atomic E-state index is 5.49. The van der Waals surface area contributed by atoms with Gasteiger partial charge in [0.15, 0.2) is 0 Å². The first kappa shape index (κ1) is 5.72. The molecule has 1 saturated heterocycles. The molecule has 1 heteroatoms. The summed E-state index contributed by atoms with van der Waals surface area (Å²) in [5.41, 5.74) is 0.489. The quantitative estimate of drug-likeness (QED) is 0.452. The van der Waals surface area contributed by atoms with Crippen LogP contribution >= 0.6 is 0 Å². The Morgan fingerprint density at radius 3 is 2.78 bits per heavy atom. The molecule has 9 heavy (non-hydrogen) atoms. The lowest BCUT2D eigenvalue weighted by atomic mass is 9.77. The number of rotatable bonds is 0. The highest BCUT2D eigenvalue weighted by molar-refractivity contribution is 4.99. The van der Waals surface area contributed by atoms with Crippen LogP contribution < -0.4 is 0 Å². The van der Waals surface area contributed by atoms with Gasteiger partial charge >= 0.3 is 0 Å². The molecule has 2 rings (SSSR count). The fourth-order valence-electron chi connectivity index (χ4n) is 1.95. The van der Waals surface area contributed by atoms with Crippen LogP contribution in [-0.2, 0) is 4.74 Å². The van der Waals surface area contributed by atoms with Gasteiger partial charge in [0.2, 0.25) is 0 Å². The van der Waals surface area contributed by atoms with Gasteiger partial charge in [-0.05, 0) is 18.3 Å². The van der Waals surface area contributed by atoms with Gasteiger partial charge in [-0.15, -0.1) is 0 Å². The average molecular weight is 126 g/mol. The van der Waals surface area contributed by atoms with Gasteiger partial charge in [0.05, 0.1) is 12.2 Å². The SMILES string of the molecule is CC1(C)CCCC2OC21. The summed E-state index contributed by atoms with van der Waals surface area (Å²) in [6.07, 6.45) is 5.30. The van der Waals surface area contributed by atoms with E-state index in [9.17, 15) is 0 Å². The van der Waals surface area contributed by atoms with E-state index in [1.54, 1.807) is 0 Å². The molecule has 0 amide bonds. The van der Waals surface area contributed by atoms with Crippen LogP contribution in [0.25, 0.3) is 0 Å². The zero-order chi connectivity index (χ0) is 6.48. The third kappa shape index (κ3) is 0.787. The average Bonchev–Trinajstić information content (AvgIpc) is 2.43. The predicted molar refractivity (Wildman–Crippen MR) is 36.3 cm³/mol. The Hall–Kier alpha value is -0.0400. The van der Waals surface area contributed by atoms with Crippen molar-refractivity contribution in [2.45, 2.75) is 45.3 Å². The highest BCUT2D eigenvalue weighted by Crippen LogP contribution is 2.48. The van der Waals surface area contributed by atoms with Crippen LogP contribution in [0.5, 0.6) is 0 Å². The second-order valence-corrected chi connectivity index (χ2v) is 3.98. The van der Waals surface area contributed by atoms with Gasteiger partial charge in [-0.3, -0.25) is 0 Å². The summed E-state index contributed by atoms with van der Waals surface area (Å²) >= 11 is 0. The maximum atomic E-state index is 5.49. The Kier molecular flexibility index (Phi) is 0.963. The van der Waals surface area contributed by atoms with Gasteiger partial charge in [0.25, 0.3) is 0 Å². The summed E-state index contributed by atoms with van der Waals surface area (Å²) in [5.74, 6) is 0. The lowest BCUT2D eigenvalue weighted by molar-refractivity contribution is 0.229. The second-order valence-electron chi connectivity index (χ2n) is 3.98. The summed E-state index contributed by atoms with van der Waals surface area (Å²) in [7, 11) is 0. The van der Waals surface area contributed by atoms with Crippen LogP contribution in [0.4, 0.5) is 0 Å². The zero-order valence-electron chi connectivity index (χ0n) is 6.18. The van der Waals surface area contributed by atoms with Gasteiger partial charge < -0.3 is 4.74 Å². The number of ether oxygens (including phenoxy) is 1. The molecule has 2 unspecified atom stereocenters. The van der Waals surface area contributed by atoms with Crippen LogP contribution in [-0.4, -0.2) is 12.2 Å². The van der Waals surface area contributed by atoms with Gasteiger partial charge in [-0.25, -0.2) is 0 Å². The minimum atomic E-state index is 0.489. The van der Waals surface area contributed by atoms with E-state index in [2.05, 4.69) is 13.8 Å². The van der Waals surface area contributed by atoms with Crippen molar-refractivity contribution in [1.29, 1.82) is 0 Å². The van der Waals surface area contributed by atoms with Crippen molar-refractivity contribution >= 4 is 0 Å². The molecule has 52 valence electrons. The first-order valence-corrected chi connectivity index (χ1v) is 3.86. The normalized spacial score (nSPS) is 46.0. The molecule has 2 atom stereocenters. The number of fused-ring (bicyclic) bond motifs is 1. The Bertz CT molecular complexity index is 129. The molecule has 0 N–H and O–H groups in total. The molecule has 0 spiro atoms. The van der Waals surface area contributed by atoms with Crippen molar-refractivity contribution in [3.05, 3.63) is 0 Å². The Balaban J connectivity index is 2.09. The summed E-state index contributed by atoms with van der Waals surface area (Å²) in [6, 6.07) is 0. The van der Waals surface area contributed by atoms with Gasteiger partial charge in [-0.1, -0.05) is 20.3 Å². The molecule has 0 aromatic rings. The molecular formula is C8H14O. The zero-order valence-corrected chi connectivity index (χ0v) is 6.18. The monoisotopic (exact) mass is 126 g/mol. The van der Waals surface area contributed by atoms with E-state index in [1.807, 2.05) is 0 Å². The van der Waals surface area contributed by atoms with Gasteiger partial charge in [0.1, 0.15) is 0 Å². The van der Waals surface area contributed by atoms with E-state index in [4.69, 9.17) is 4.74 Å². The molecule has 2 fully saturated rings. The lowest BCUT2D eigenvalue weighted by Gasteiger charge is -2.25. The highest BCUT2D eigenvalue weighted by Gasteiger charge is 2.51. The number of hydrogen-bond donors (Lipinski definition) is 0. The summed E-state index contributed by atoms with van der Waals surface area (Å²) < 4.78 is 5.49. The van der Waals surface area contributed by atoms with E-state index >= 15 is 0 Å². The predicted octanol–water partition coefficient (Wildman–Crippen LogP) is 1.96. The third-order valence-electron chi connectivity index (χ3n) is 2.66. The van der Waals surface area contributed by atoms with Crippen molar-refractivity contribution in [2.24, 2.45) is 5.41 Å². The van der Waals surface area contributed by atoms with Crippen LogP contribution in [0.3, 0.4) is 0 Å². The fraction of sp³-hybridized carbons (Fsp3) is 1.00. The first-order valence-electron chi connectivity index (χ1n) is 3.86. The molecular weight excluding hydrogens is 112 g/mol.